The molecule has 0 amide bonds. The van der Waals surface area contributed by atoms with Crippen molar-refractivity contribution in [1.29, 1.82) is 0 Å². The zero-order chi connectivity index (χ0) is 14.6. The normalized spacial score (nSPS) is 19.8. The standard InChI is InChI=1S/C15H23N3O2/c1-15(14(16)17-19)7-9-18(10-8-15)11-12-5-3-4-6-13(12)20-2/h3-6,19H,7-11H2,1-2H3,(H2,16,17). The second kappa shape index (κ2) is 6.13. The summed E-state index contributed by atoms with van der Waals surface area (Å²) < 4.78 is 5.38. The molecule has 1 aromatic carbocycles. The van der Waals surface area contributed by atoms with Crippen molar-refractivity contribution in [2.75, 3.05) is 20.2 Å². The third kappa shape index (κ3) is 3.04. The third-order valence-electron chi connectivity index (χ3n) is 4.27. The Labute approximate surface area is 120 Å². The molecule has 0 aliphatic carbocycles. The van der Waals surface area contributed by atoms with Crippen LogP contribution in [-0.4, -0.2) is 36.1 Å². The number of rotatable bonds is 4. The average molecular weight is 277 g/mol. The van der Waals surface area contributed by atoms with Crippen molar-refractivity contribution in [2.24, 2.45) is 16.3 Å². The Kier molecular flexibility index (Phi) is 4.49. The number of ether oxygens (including phenoxy) is 1. The van der Waals surface area contributed by atoms with Crippen molar-refractivity contribution in [2.45, 2.75) is 26.3 Å². The zero-order valence-electron chi connectivity index (χ0n) is 12.2. The van der Waals surface area contributed by atoms with Gasteiger partial charge in [-0.3, -0.25) is 4.90 Å². The summed E-state index contributed by atoms with van der Waals surface area (Å²) in [4.78, 5) is 2.38. The first-order valence-electron chi connectivity index (χ1n) is 6.91. The smallest absolute Gasteiger partial charge is 0.145 e. The summed E-state index contributed by atoms with van der Waals surface area (Å²) in [6.45, 7) is 4.80. The number of amidine groups is 1. The molecule has 1 aromatic rings. The second-order valence-corrected chi connectivity index (χ2v) is 5.63. The summed E-state index contributed by atoms with van der Waals surface area (Å²) in [6.07, 6.45) is 1.80. The lowest BCUT2D eigenvalue weighted by Gasteiger charge is -2.38. The van der Waals surface area contributed by atoms with Crippen molar-refractivity contribution < 1.29 is 9.94 Å². The number of likely N-dealkylation sites (tertiary alicyclic amines) is 1. The van der Waals surface area contributed by atoms with E-state index in [1.807, 2.05) is 18.2 Å². The first-order chi connectivity index (χ1) is 9.59. The fourth-order valence-electron chi connectivity index (χ4n) is 2.66. The van der Waals surface area contributed by atoms with Crippen LogP contribution in [0.2, 0.25) is 0 Å². The number of oxime groups is 1. The van der Waals surface area contributed by atoms with Gasteiger partial charge in [0.1, 0.15) is 11.6 Å². The average Bonchev–Trinajstić information content (AvgIpc) is 2.49. The highest BCUT2D eigenvalue weighted by Gasteiger charge is 2.34. The Morgan fingerprint density at radius 1 is 1.40 bits per heavy atom. The van der Waals surface area contributed by atoms with Crippen molar-refractivity contribution in [3.63, 3.8) is 0 Å². The van der Waals surface area contributed by atoms with Gasteiger partial charge in [0, 0.05) is 17.5 Å². The summed E-state index contributed by atoms with van der Waals surface area (Å²) in [5.41, 5.74) is 6.80. The Morgan fingerprint density at radius 3 is 2.65 bits per heavy atom. The van der Waals surface area contributed by atoms with E-state index in [1.54, 1.807) is 7.11 Å². The largest absolute Gasteiger partial charge is 0.496 e. The number of para-hydroxylation sites is 1. The van der Waals surface area contributed by atoms with E-state index in [4.69, 9.17) is 15.7 Å². The molecule has 0 saturated carbocycles. The molecule has 5 heteroatoms. The molecule has 5 nitrogen and oxygen atoms in total. The highest BCUT2D eigenvalue weighted by molar-refractivity contribution is 5.85. The van der Waals surface area contributed by atoms with Crippen LogP contribution in [0.15, 0.2) is 29.4 Å². The highest BCUT2D eigenvalue weighted by atomic mass is 16.5. The molecule has 0 unspecified atom stereocenters. The number of nitrogens with two attached hydrogens (primary N) is 1. The van der Waals surface area contributed by atoms with Crippen molar-refractivity contribution in [3.05, 3.63) is 29.8 Å². The predicted molar refractivity (Wildman–Crippen MR) is 79.0 cm³/mol. The van der Waals surface area contributed by atoms with Crippen molar-refractivity contribution >= 4 is 5.84 Å². The van der Waals surface area contributed by atoms with Crippen molar-refractivity contribution in [3.8, 4) is 5.75 Å². The summed E-state index contributed by atoms with van der Waals surface area (Å²) in [7, 11) is 1.70. The summed E-state index contributed by atoms with van der Waals surface area (Å²) in [5.74, 6) is 1.27. The zero-order valence-corrected chi connectivity index (χ0v) is 12.2. The number of benzene rings is 1. The van der Waals surface area contributed by atoms with Gasteiger partial charge in [0.05, 0.1) is 7.11 Å². The fourth-order valence-corrected chi connectivity index (χ4v) is 2.66. The number of piperidine rings is 1. The van der Waals surface area contributed by atoms with E-state index in [9.17, 15) is 0 Å². The first kappa shape index (κ1) is 14.7. The van der Waals surface area contributed by atoms with Gasteiger partial charge in [-0.25, -0.2) is 0 Å². The molecule has 0 spiro atoms. The quantitative estimate of drug-likeness (QED) is 0.382. The highest BCUT2D eigenvalue weighted by Crippen LogP contribution is 2.32. The minimum absolute atomic E-state index is 0.188. The van der Waals surface area contributed by atoms with E-state index in [1.165, 1.54) is 5.56 Å². The lowest BCUT2D eigenvalue weighted by Crippen LogP contribution is -2.45. The maximum Gasteiger partial charge on any atom is 0.145 e. The monoisotopic (exact) mass is 277 g/mol. The third-order valence-corrected chi connectivity index (χ3v) is 4.27. The molecule has 0 aromatic heterocycles. The molecule has 1 aliphatic heterocycles. The van der Waals surface area contributed by atoms with Gasteiger partial charge in [-0.2, -0.15) is 0 Å². The van der Waals surface area contributed by atoms with Gasteiger partial charge in [-0.1, -0.05) is 30.3 Å². The van der Waals surface area contributed by atoms with Crippen LogP contribution in [0.1, 0.15) is 25.3 Å². The minimum Gasteiger partial charge on any atom is -0.496 e. The Bertz CT molecular complexity index is 480. The van der Waals surface area contributed by atoms with E-state index >= 15 is 0 Å². The maximum atomic E-state index is 8.85. The van der Waals surface area contributed by atoms with Crippen LogP contribution in [0.25, 0.3) is 0 Å². The Hall–Kier alpha value is -1.75. The molecular formula is C15H23N3O2. The van der Waals surface area contributed by atoms with E-state index in [2.05, 4.69) is 23.0 Å². The Balaban J connectivity index is 1.98. The van der Waals surface area contributed by atoms with Crippen LogP contribution >= 0.6 is 0 Å². The second-order valence-electron chi connectivity index (χ2n) is 5.63. The van der Waals surface area contributed by atoms with E-state index < -0.39 is 0 Å². The number of hydrogen-bond acceptors (Lipinski definition) is 4. The molecule has 0 radical (unpaired) electrons. The van der Waals surface area contributed by atoms with E-state index in [0.29, 0.717) is 5.84 Å². The van der Waals surface area contributed by atoms with E-state index in [-0.39, 0.29) is 5.41 Å². The van der Waals surface area contributed by atoms with Crippen LogP contribution in [0, 0.1) is 5.41 Å². The van der Waals surface area contributed by atoms with Crippen LogP contribution < -0.4 is 10.5 Å². The van der Waals surface area contributed by atoms with Crippen LogP contribution in [0.4, 0.5) is 0 Å². The van der Waals surface area contributed by atoms with Crippen LogP contribution in [-0.2, 0) is 6.54 Å². The van der Waals surface area contributed by atoms with Gasteiger partial charge in [0.15, 0.2) is 0 Å². The predicted octanol–water partition coefficient (Wildman–Crippen LogP) is 2.04. The minimum atomic E-state index is -0.188. The van der Waals surface area contributed by atoms with E-state index in [0.717, 1.165) is 38.2 Å². The van der Waals surface area contributed by atoms with Gasteiger partial charge >= 0.3 is 0 Å². The lowest BCUT2D eigenvalue weighted by molar-refractivity contribution is 0.152. The molecule has 1 aliphatic rings. The van der Waals surface area contributed by atoms with Gasteiger partial charge in [0.25, 0.3) is 0 Å². The summed E-state index contributed by atoms with van der Waals surface area (Å²) >= 11 is 0. The molecule has 3 N–H and O–H groups in total. The van der Waals surface area contributed by atoms with Crippen LogP contribution in [0.3, 0.4) is 0 Å². The van der Waals surface area contributed by atoms with Gasteiger partial charge < -0.3 is 15.7 Å². The topological polar surface area (TPSA) is 71.1 Å². The summed E-state index contributed by atoms with van der Waals surface area (Å²) in [6, 6.07) is 8.09. The first-order valence-corrected chi connectivity index (χ1v) is 6.91. The number of methoxy groups -OCH3 is 1. The summed E-state index contributed by atoms with van der Waals surface area (Å²) in [5, 5.41) is 12.0. The number of nitrogens with zero attached hydrogens (tertiary/aromatic N) is 2. The molecule has 0 atom stereocenters. The number of hydrogen-bond donors (Lipinski definition) is 2. The van der Waals surface area contributed by atoms with Gasteiger partial charge in [-0.05, 0) is 32.0 Å². The van der Waals surface area contributed by atoms with Crippen LogP contribution in [0.5, 0.6) is 5.75 Å². The van der Waals surface area contributed by atoms with Gasteiger partial charge in [0.2, 0.25) is 0 Å². The molecule has 110 valence electrons. The molecule has 1 saturated heterocycles. The molecule has 1 heterocycles. The lowest BCUT2D eigenvalue weighted by atomic mass is 9.79. The molecule has 1 fully saturated rings. The Morgan fingerprint density at radius 2 is 2.05 bits per heavy atom. The fraction of sp³-hybridized carbons (Fsp3) is 0.533. The molecule has 2 rings (SSSR count). The van der Waals surface area contributed by atoms with Gasteiger partial charge in [-0.15, -0.1) is 0 Å². The SMILES string of the molecule is COc1ccccc1CN1CCC(C)(/C(N)=N/O)CC1. The molecule has 20 heavy (non-hydrogen) atoms. The molecule has 0 bridgehead atoms. The molecular weight excluding hydrogens is 254 g/mol. The van der Waals surface area contributed by atoms with Crippen molar-refractivity contribution in [1.82, 2.24) is 4.90 Å². The maximum absolute atomic E-state index is 8.85.